The third kappa shape index (κ3) is 63.2. The molecule has 0 spiro atoms. The fourth-order valence-electron chi connectivity index (χ4n) is 9.36. The summed E-state index contributed by atoms with van der Waals surface area (Å²) in [6.07, 6.45) is 88.6. The Kier molecular flexibility index (Phi) is 62.7. The molecule has 0 fully saturated rings. The first-order valence-corrected chi connectivity index (χ1v) is 33.2. The van der Waals surface area contributed by atoms with Gasteiger partial charge in [-0.15, -0.1) is 0 Å². The van der Waals surface area contributed by atoms with Crippen molar-refractivity contribution in [1.29, 1.82) is 0 Å². The van der Waals surface area contributed by atoms with Crippen LogP contribution in [0.25, 0.3) is 0 Å². The van der Waals surface area contributed by atoms with Crippen LogP contribution in [0, 0.1) is 0 Å². The molecule has 0 rings (SSSR count). The van der Waals surface area contributed by atoms with E-state index in [-0.39, 0.29) is 37.5 Å². The number of allylic oxidation sites excluding steroid dienone is 16. The van der Waals surface area contributed by atoms with E-state index in [1.165, 1.54) is 180 Å². The minimum absolute atomic E-state index is 0.0923. The summed E-state index contributed by atoms with van der Waals surface area (Å²) in [6, 6.07) is 0. The SMILES string of the molecule is CC/C=C\C/C=C\C/C=C\C/C=C\C/C=C\C/C=C\CCCCC(=O)OC(COC(=O)CCCCCCCCCCCCCC)COC(=O)CCCCCCCCCCCCCCCCC/C=C\C/C=C\CCCCCCC. The Balaban J connectivity index is 4.32. The second-order valence-corrected chi connectivity index (χ2v) is 22.0. The van der Waals surface area contributed by atoms with Crippen LogP contribution in [0.4, 0.5) is 0 Å². The smallest absolute Gasteiger partial charge is 0.306 e. The molecular formula is C72H124O6. The van der Waals surface area contributed by atoms with E-state index >= 15 is 0 Å². The van der Waals surface area contributed by atoms with Gasteiger partial charge in [0.05, 0.1) is 0 Å². The zero-order chi connectivity index (χ0) is 56.4. The van der Waals surface area contributed by atoms with E-state index in [0.717, 1.165) is 96.3 Å². The maximum atomic E-state index is 12.9. The highest BCUT2D eigenvalue weighted by Crippen LogP contribution is 2.17. The van der Waals surface area contributed by atoms with Crippen molar-refractivity contribution < 1.29 is 28.6 Å². The Bertz CT molecular complexity index is 1530. The summed E-state index contributed by atoms with van der Waals surface area (Å²) < 4.78 is 16.9. The molecule has 1 atom stereocenters. The van der Waals surface area contributed by atoms with Gasteiger partial charge in [-0.1, -0.05) is 298 Å². The van der Waals surface area contributed by atoms with Crippen molar-refractivity contribution in [1.82, 2.24) is 0 Å². The van der Waals surface area contributed by atoms with Crippen molar-refractivity contribution >= 4 is 17.9 Å². The van der Waals surface area contributed by atoms with Crippen LogP contribution in [0.3, 0.4) is 0 Å². The van der Waals surface area contributed by atoms with Crippen LogP contribution in [0.15, 0.2) is 97.2 Å². The minimum atomic E-state index is -0.800. The Morgan fingerprint density at radius 3 is 0.808 bits per heavy atom. The largest absolute Gasteiger partial charge is 0.462 e. The molecule has 0 radical (unpaired) electrons. The first-order valence-electron chi connectivity index (χ1n) is 33.2. The number of hydrogen-bond acceptors (Lipinski definition) is 6. The zero-order valence-electron chi connectivity index (χ0n) is 51.4. The first-order chi connectivity index (χ1) is 38.5. The Hall–Kier alpha value is -3.67. The minimum Gasteiger partial charge on any atom is -0.462 e. The van der Waals surface area contributed by atoms with Crippen molar-refractivity contribution in [2.45, 2.75) is 329 Å². The second-order valence-electron chi connectivity index (χ2n) is 22.0. The molecule has 0 N–H and O–H groups in total. The molecule has 6 nitrogen and oxygen atoms in total. The van der Waals surface area contributed by atoms with Gasteiger partial charge in [-0.3, -0.25) is 14.4 Å². The van der Waals surface area contributed by atoms with E-state index in [9.17, 15) is 14.4 Å². The highest BCUT2D eigenvalue weighted by atomic mass is 16.6. The Morgan fingerprint density at radius 1 is 0.269 bits per heavy atom. The zero-order valence-corrected chi connectivity index (χ0v) is 51.4. The van der Waals surface area contributed by atoms with E-state index in [1.54, 1.807) is 0 Å². The predicted octanol–water partition coefficient (Wildman–Crippen LogP) is 22.8. The molecular weight excluding hydrogens is 961 g/mol. The molecule has 0 bridgehead atoms. The molecule has 0 aliphatic carbocycles. The number of carbonyl (C=O) groups is 3. The molecule has 0 saturated carbocycles. The standard InChI is InChI=1S/C72H124O6/c1-4-7-10-13-16-19-22-25-27-29-31-33-34-35-36-37-38-40-41-43-45-47-50-53-56-59-62-65-71(74)77-68-69(67-76-70(73)64-61-58-55-52-49-24-21-18-15-12-9-6-3)78-72(75)66-63-60-57-54-51-48-46-44-42-39-32-30-28-26-23-20-17-14-11-8-5-2/h8,11,17,20,22,25-26,28-29,31-32,39,44,46,51,54,69H,4-7,9-10,12-16,18-19,21,23-24,27,30,33-38,40-43,45,47-50,52-53,55-68H2,1-3H3/b11-8-,20-17-,25-22-,28-26-,31-29-,39-32-,46-44-,54-51-. The highest BCUT2D eigenvalue weighted by molar-refractivity contribution is 5.71. The van der Waals surface area contributed by atoms with Gasteiger partial charge >= 0.3 is 17.9 Å². The number of esters is 3. The number of rotatable bonds is 60. The van der Waals surface area contributed by atoms with Crippen LogP contribution >= 0.6 is 0 Å². The van der Waals surface area contributed by atoms with Crippen LogP contribution in [-0.4, -0.2) is 37.2 Å². The first kappa shape index (κ1) is 74.3. The van der Waals surface area contributed by atoms with Crippen molar-refractivity contribution in [3.8, 4) is 0 Å². The second kappa shape index (κ2) is 65.8. The van der Waals surface area contributed by atoms with Gasteiger partial charge in [0, 0.05) is 19.3 Å². The highest BCUT2D eigenvalue weighted by Gasteiger charge is 2.19. The molecule has 78 heavy (non-hydrogen) atoms. The third-order valence-electron chi connectivity index (χ3n) is 14.3. The van der Waals surface area contributed by atoms with Crippen molar-refractivity contribution in [3.05, 3.63) is 97.2 Å². The van der Waals surface area contributed by atoms with Gasteiger partial charge in [0.1, 0.15) is 13.2 Å². The van der Waals surface area contributed by atoms with Crippen molar-refractivity contribution in [2.24, 2.45) is 0 Å². The van der Waals surface area contributed by atoms with E-state index in [4.69, 9.17) is 14.2 Å². The van der Waals surface area contributed by atoms with E-state index in [0.29, 0.717) is 19.3 Å². The summed E-state index contributed by atoms with van der Waals surface area (Å²) in [6.45, 7) is 6.51. The van der Waals surface area contributed by atoms with E-state index in [2.05, 4.69) is 118 Å². The van der Waals surface area contributed by atoms with Gasteiger partial charge in [-0.05, 0) is 103 Å². The molecule has 6 heteroatoms. The number of ether oxygens (including phenoxy) is 3. The molecule has 0 saturated heterocycles. The lowest BCUT2D eigenvalue weighted by Gasteiger charge is -2.18. The molecule has 0 aliphatic heterocycles. The summed E-state index contributed by atoms with van der Waals surface area (Å²) in [4.78, 5) is 38.3. The van der Waals surface area contributed by atoms with E-state index < -0.39 is 6.10 Å². The summed E-state index contributed by atoms with van der Waals surface area (Å²) in [7, 11) is 0. The predicted molar refractivity (Wildman–Crippen MR) is 339 cm³/mol. The third-order valence-corrected chi connectivity index (χ3v) is 14.3. The van der Waals surface area contributed by atoms with Gasteiger partial charge < -0.3 is 14.2 Å². The monoisotopic (exact) mass is 1080 g/mol. The maximum absolute atomic E-state index is 12.9. The van der Waals surface area contributed by atoms with E-state index in [1.807, 2.05) is 0 Å². The topological polar surface area (TPSA) is 78.9 Å². The van der Waals surface area contributed by atoms with Crippen LogP contribution in [-0.2, 0) is 28.6 Å². The molecule has 0 aromatic heterocycles. The lowest BCUT2D eigenvalue weighted by atomic mass is 10.0. The molecule has 0 heterocycles. The van der Waals surface area contributed by atoms with Crippen LogP contribution < -0.4 is 0 Å². The Morgan fingerprint density at radius 2 is 0.500 bits per heavy atom. The average Bonchev–Trinajstić information content (AvgIpc) is 3.44. The summed E-state index contributed by atoms with van der Waals surface area (Å²) in [5.41, 5.74) is 0. The van der Waals surface area contributed by atoms with Gasteiger partial charge in [-0.25, -0.2) is 0 Å². The van der Waals surface area contributed by atoms with Crippen molar-refractivity contribution in [3.63, 3.8) is 0 Å². The molecule has 0 aromatic carbocycles. The van der Waals surface area contributed by atoms with Gasteiger partial charge in [0.2, 0.25) is 0 Å². The fourth-order valence-corrected chi connectivity index (χ4v) is 9.36. The maximum Gasteiger partial charge on any atom is 0.306 e. The average molecular weight is 1090 g/mol. The van der Waals surface area contributed by atoms with Gasteiger partial charge in [0.15, 0.2) is 6.10 Å². The quantitative estimate of drug-likeness (QED) is 0.0261. The lowest BCUT2D eigenvalue weighted by Crippen LogP contribution is -2.30. The van der Waals surface area contributed by atoms with Crippen LogP contribution in [0.5, 0.6) is 0 Å². The fraction of sp³-hybridized carbons (Fsp3) is 0.736. The van der Waals surface area contributed by atoms with Gasteiger partial charge in [-0.2, -0.15) is 0 Å². The summed E-state index contributed by atoms with van der Waals surface area (Å²) in [5, 5.41) is 0. The van der Waals surface area contributed by atoms with Crippen LogP contribution in [0.2, 0.25) is 0 Å². The Labute approximate surface area is 483 Å². The molecule has 0 amide bonds. The van der Waals surface area contributed by atoms with Gasteiger partial charge in [0.25, 0.3) is 0 Å². The number of hydrogen-bond donors (Lipinski definition) is 0. The number of carbonyl (C=O) groups excluding carboxylic acids is 3. The lowest BCUT2D eigenvalue weighted by molar-refractivity contribution is -0.167. The van der Waals surface area contributed by atoms with Crippen LogP contribution in [0.1, 0.15) is 323 Å². The number of unbranched alkanes of at least 4 members (excludes halogenated alkanes) is 33. The summed E-state index contributed by atoms with van der Waals surface area (Å²) >= 11 is 0. The normalized spacial score (nSPS) is 12.7. The molecule has 0 aliphatic rings. The molecule has 0 aromatic rings. The summed E-state index contributed by atoms with van der Waals surface area (Å²) in [5.74, 6) is -0.924. The molecule has 1 unspecified atom stereocenters. The van der Waals surface area contributed by atoms with Crippen molar-refractivity contribution in [2.75, 3.05) is 13.2 Å². The molecule has 448 valence electrons.